The Labute approximate surface area is 391 Å². The van der Waals surface area contributed by atoms with Crippen LogP contribution in [0, 0.1) is 29.6 Å². The van der Waals surface area contributed by atoms with Crippen molar-refractivity contribution < 1.29 is 38.6 Å². The fraction of sp³-hybridized carbons (Fsp3) is 0.889. The molecule has 8 nitrogen and oxygen atoms in total. The molecule has 3 saturated carbocycles. The van der Waals surface area contributed by atoms with Gasteiger partial charge in [0, 0.05) is 26.1 Å². The van der Waals surface area contributed by atoms with Gasteiger partial charge in [-0.1, -0.05) is 112 Å². The quantitative estimate of drug-likeness (QED) is 0.107. The average Bonchev–Trinajstić information content (AvgIpc) is 3.22. The number of ether oxygens (including phenoxy) is 6. The summed E-state index contributed by atoms with van der Waals surface area (Å²) in [5, 5.41) is 19.4. The summed E-state index contributed by atoms with van der Waals surface area (Å²) >= 11 is 0. The fourth-order valence-electron chi connectivity index (χ4n) is 10.7. The minimum atomic E-state index is -0.622. The molecule has 0 spiro atoms. The van der Waals surface area contributed by atoms with Gasteiger partial charge >= 0.3 is 0 Å². The number of rotatable bonds is 13. The smallest absolute Gasteiger partial charge is 0.164 e. The van der Waals surface area contributed by atoms with Crippen molar-refractivity contribution in [2.75, 3.05) is 14.2 Å². The molecule has 2 saturated heterocycles. The first-order valence-electron chi connectivity index (χ1n) is 24.2. The molecule has 0 aromatic rings. The third-order valence-electron chi connectivity index (χ3n) is 15.1. The lowest BCUT2D eigenvalue weighted by molar-refractivity contribution is -0.384. The normalized spacial score (nSPS) is 32.7. The highest BCUT2D eigenvalue weighted by Crippen LogP contribution is 2.61. The van der Waals surface area contributed by atoms with Crippen LogP contribution < -0.4 is 0 Å². The van der Waals surface area contributed by atoms with Crippen LogP contribution in [0.1, 0.15) is 207 Å². The van der Waals surface area contributed by atoms with Gasteiger partial charge in [0.15, 0.2) is 17.4 Å². The lowest BCUT2D eigenvalue weighted by Crippen LogP contribution is -2.67. The van der Waals surface area contributed by atoms with Gasteiger partial charge in [-0.2, -0.15) is 0 Å². The monoisotopic (exact) mass is 891 g/mol. The van der Waals surface area contributed by atoms with Crippen LogP contribution in [-0.2, 0) is 28.4 Å². The van der Waals surface area contributed by atoms with Crippen molar-refractivity contribution in [3.05, 3.63) is 38.0 Å². The summed E-state index contributed by atoms with van der Waals surface area (Å²) in [4.78, 5) is 0. The molecule has 370 valence electrons. The first-order valence-corrected chi connectivity index (χ1v) is 24.2. The molecule has 63 heavy (non-hydrogen) atoms. The van der Waals surface area contributed by atoms with Crippen molar-refractivity contribution in [3.63, 3.8) is 0 Å². The highest BCUT2D eigenvalue weighted by Gasteiger charge is 2.63. The number of aliphatic hydroxyl groups excluding tert-OH is 2. The Kier molecular flexibility index (Phi) is 27.2. The first-order chi connectivity index (χ1) is 28.4. The van der Waals surface area contributed by atoms with E-state index in [4.69, 9.17) is 36.3 Å². The van der Waals surface area contributed by atoms with Crippen LogP contribution in [0.3, 0.4) is 0 Å². The molecule has 5 fully saturated rings. The summed E-state index contributed by atoms with van der Waals surface area (Å²) in [5.74, 6) is 0.571. The zero-order valence-corrected chi connectivity index (χ0v) is 41.7. The van der Waals surface area contributed by atoms with E-state index < -0.39 is 34.4 Å². The van der Waals surface area contributed by atoms with Crippen LogP contribution in [0.5, 0.6) is 0 Å². The highest BCUT2D eigenvalue weighted by molar-refractivity contribution is 6.17. The van der Waals surface area contributed by atoms with E-state index in [1.54, 1.807) is 20.3 Å². The van der Waals surface area contributed by atoms with Gasteiger partial charge in [-0.05, 0) is 136 Å². The van der Waals surface area contributed by atoms with Crippen LogP contribution in [0.2, 0.25) is 5.31 Å². The molecule has 0 aromatic carbocycles. The minimum absolute atomic E-state index is 0. The summed E-state index contributed by atoms with van der Waals surface area (Å²) in [6, 6.07) is 0. The zero-order valence-electron chi connectivity index (χ0n) is 41.7. The molecule has 0 amide bonds. The first kappa shape index (κ1) is 62.0. The molecule has 0 bridgehead atoms. The van der Waals surface area contributed by atoms with Gasteiger partial charge in [-0.25, -0.2) is 0 Å². The van der Waals surface area contributed by atoms with Crippen molar-refractivity contribution >= 4 is 7.85 Å². The molecule has 3 unspecified atom stereocenters. The van der Waals surface area contributed by atoms with Crippen LogP contribution >= 0.6 is 0 Å². The number of hydrogen-bond acceptors (Lipinski definition) is 8. The van der Waals surface area contributed by atoms with Gasteiger partial charge < -0.3 is 38.6 Å². The van der Waals surface area contributed by atoms with Crippen molar-refractivity contribution in [1.29, 1.82) is 0 Å². The van der Waals surface area contributed by atoms with Crippen molar-refractivity contribution in [2.45, 2.75) is 265 Å². The topological polar surface area (TPSA) is 95.8 Å². The Morgan fingerprint density at radius 3 is 1.65 bits per heavy atom. The van der Waals surface area contributed by atoms with Gasteiger partial charge in [-0.3, -0.25) is 0 Å². The third kappa shape index (κ3) is 17.9. The average molecular weight is 891 g/mol. The second-order valence-corrected chi connectivity index (χ2v) is 21.0. The van der Waals surface area contributed by atoms with Gasteiger partial charge in [0.2, 0.25) is 0 Å². The van der Waals surface area contributed by atoms with Crippen LogP contribution in [0.15, 0.2) is 38.0 Å². The largest absolute Gasteiger partial charge is 0.392 e. The summed E-state index contributed by atoms with van der Waals surface area (Å²) in [7, 11) is 10.1. The van der Waals surface area contributed by atoms with Gasteiger partial charge in [0.25, 0.3) is 0 Å². The molecule has 5 rings (SSSR count). The number of methoxy groups -OCH3 is 2. The minimum Gasteiger partial charge on any atom is -0.392 e. The number of hydrogen-bond donors (Lipinski definition) is 2. The zero-order chi connectivity index (χ0) is 46.3. The van der Waals surface area contributed by atoms with E-state index in [2.05, 4.69) is 47.4 Å². The Morgan fingerprint density at radius 1 is 0.714 bits per heavy atom. The van der Waals surface area contributed by atoms with E-state index in [-0.39, 0.29) is 38.6 Å². The lowest BCUT2D eigenvalue weighted by Gasteiger charge is -2.65. The second-order valence-electron chi connectivity index (χ2n) is 21.0. The van der Waals surface area contributed by atoms with Gasteiger partial charge in [0.05, 0.1) is 43.5 Å². The Balaban J connectivity index is 0.000000847. The summed E-state index contributed by atoms with van der Waals surface area (Å²) in [5.41, 5.74) is -0.852. The highest BCUT2D eigenvalue weighted by atomic mass is 16.7. The molecule has 3 aliphatic carbocycles. The molecule has 2 heterocycles. The standard InChI is InChI=1S/C18H31BO2.C16H28O2.C13H24O2.C5H12O2.2CH4/c1-7-13-16(4)18(6,19)17(5,21-15(2,3)20-16)14-11-9-8-10-12-14;1-5-9-14-12(2)15(18-16(3,4)17-14)13-10-7-6-8-11-13;1-3-7-12(14)10(2)13(15)11-8-5-4-6-9-11;1-5(2,6-3)7-4;;/h7,14H,1,8-13H2,2-6H3;5,12-15H,1,6-11H2,2-4H3;3,10-15H,1,4-9H2,2H3;1-4H3;2*1H4/t;12-,14-,15-;10-,12-,13-;;;/m.00.../s1. The van der Waals surface area contributed by atoms with Gasteiger partial charge in [-0.15, -0.1) is 19.7 Å². The third-order valence-corrected chi connectivity index (χ3v) is 15.1. The van der Waals surface area contributed by atoms with Gasteiger partial charge in [0.1, 0.15) is 0 Å². The fourth-order valence-corrected chi connectivity index (χ4v) is 10.7. The van der Waals surface area contributed by atoms with E-state index >= 15 is 0 Å². The van der Waals surface area contributed by atoms with Crippen LogP contribution in [0.4, 0.5) is 0 Å². The molecular formula is C54H103BO8. The Morgan fingerprint density at radius 2 is 1.21 bits per heavy atom. The second kappa shape index (κ2) is 27.7. The molecule has 2 radical (unpaired) electrons. The van der Waals surface area contributed by atoms with Crippen molar-refractivity contribution in [2.24, 2.45) is 29.6 Å². The predicted molar refractivity (Wildman–Crippen MR) is 267 cm³/mol. The summed E-state index contributed by atoms with van der Waals surface area (Å²) in [6.45, 7) is 33.8. The maximum Gasteiger partial charge on any atom is 0.164 e. The van der Waals surface area contributed by atoms with E-state index in [1.807, 2.05) is 60.6 Å². The molecule has 0 aromatic heterocycles. The Hall–Kier alpha value is -1.04. The summed E-state index contributed by atoms with van der Waals surface area (Å²) in [6.07, 6.45) is 26.7. The molecular weight excluding hydrogens is 787 g/mol. The van der Waals surface area contributed by atoms with E-state index in [1.165, 1.54) is 83.5 Å². The maximum atomic E-state index is 10.1. The lowest BCUT2D eigenvalue weighted by atomic mass is 9.46. The predicted octanol–water partition coefficient (Wildman–Crippen LogP) is 13.9. The molecule has 5 aliphatic rings. The van der Waals surface area contributed by atoms with E-state index in [0.29, 0.717) is 30.3 Å². The van der Waals surface area contributed by atoms with Crippen LogP contribution in [-0.4, -0.2) is 85.3 Å². The van der Waals surface area contributed by atoms with E-state index in [0.717, 1.165) is 31.6 Å². The van der Waals surface area contributed by atoms with E-state index in [9.17, 15) is 10.2 Å². The number of aliphatic hydroxyl groups is 2. The molecule has 2 N–H and O–H groups in total. The SMILES string of the molecule is C.C.C=CC[C@@H]1OC(C)(C)O[C@H](C2CCCCC2)[C@H]1C.C=CC[C@H](O)[C@H](C)[C@H](O)C1CCCCC1.COC(C)(C)OC.[B]C1(C)C(C)(CC=C)OC(C)(C)OC1(C)C1CCCCC1. The van der Waals surface area contributed by atoms with Crippen molar-refractivity contribution in [1.82, 2.24) is 0 Å². The maximum absolute atomic E-state index is 10.1. The summed E-state index contributed by atoms with van der Waals surface area (Å²) < 4.78 is 34.8. The Bertz CT molecular complexity index is 1260. The van der Waals surface area contributed by atoms with Crippen molar-refractivity contribution in [3.8, 4) is 0 Å². The van der Waals surface area contributed by atoms with Crippen LogP contribution in [0.25, 0.3) is 0 Å². The molecule has 9 atom stereocenters. The molecule has 2 aliphatic heterocycles. The molecule has 9 heteroatoms.